The maximum atomic E-state index is 7.37. The zero-order chi connectivity index (χ0) is 12.7. The molecule has 0 aromatic heterocycles. The van der Waals surface area contributed by atoms with Gasteiger partial charge in [0.15, 0.2) is 0 Å². The summed E-state index contributed by atoms with van der Waals surface area (Å²) in [6, 6.07) is 10.9. The Morgan fingerprint density at radius 3 is 2.53 bits per heavy atom. The Morgan fingerprint density at radius 1 is 1.35 bits per heavy atom. The third-order valence-electron chi connectivity index (χ3n) is 3.15. The van der Waals surface area contributed by atoms with E-state index < -0.39 is 0 Å². The summed E-state index contributed by atoms with van der Waals surface area (Å²) in [5, 5.41) is 7.37. The molecule has 0 saturated carbocycles. The van der Waals surface area contributed by atoms with Gasteiger partial charge >= 0.3 is 0 Å². The molecule has 3 heteroatoms. The number of hydrogen-bond donors (Lipinski definition) is 2. The molecule has 0 fully saturated rings. The van der Waals surface area contributed by atoms with E-state index >= 15 is 0 Å². The first-order chi connectivity index (χ1) is 8.13. The van der Waals surface area contributed by atoms with Crippen molar-refractivity contribution >= 4 is 5.84 Å². The van der Waals surface area contributed by atoms with Gasteiger partial charge in [-0.25, -0.2) is 0 Å². The summed E-state index contributed by atoms with van der Waals surface area (Å²) >= 11 is 0. The topological polar surface area (TPSA) is 53.1 Å². The van der Waals surface area contributed by atoms with Crippen LogP contribution >= 0.6 is 0 Å². The zero-order valence-electron chi connectivity index (χ0n) is 10.8. The summed E-state index contributed by atoms with van der Waals surface area (Å²) in [6.07, 6.45) is 2.75. The molecule has 94 valence electrons. The van der Waals surface area contributed by atoms with Gasteiger partial charge in [-0.15, -0.1) is 0 Å². The SMILES string of the molecule is CCC(CC(=N)N)N(C)CCc1ccccc1. The molecule has 1 aromatic rings. The fraction of sp³-hybridized carbons (Fsp3) is 0.500. The summed E-state index contributed by atoms with van der Waals surface area (Å²) in [5.41, 5.74) is 6.83. The normalized spacial score (nSPS) is 12.6. The molecule has 1 atom stereocenters. The second-order valence-electron chi connectivity index (χ2n) is 4.51. The Morgan fingerprint density at radius 2 is 2.00 bits per heavy atom. The summed E-state index contributed by atoms with van der Waals surface area (Å²) < 4.78 is 0. The van der Waals surface area contributed by atoms with Gasteiger partial charge in [0.1, 0.15) is 0 Å². The highest BCUT2D eigenvalue weighted by atomic mass is 15.1. The van der Waals surface area contributed by atoms with Gasteiger partial charge in [0.05, 0.1) is 5.84 Å². The molecule has 0 amide bonds. The molecule has 3 N–H and O–H groups in total. The highest BCUT2D eigenvalue weighted by Gasteiger charge is 2.13. The highest BCUT2D eigenvalue weighted by Crippen LogP contribution is 2.08. The number of benzene rings is 1. The zero-order valence-corrected chi connectivity index (χ0v) is 10.8. The van der Waals surface area contributed by atoms with Gasteiger partial charge in [0.2, 0.25) is 0 Å². The lowest BCUT2D eigenvalue weighted by atomic mass is 10.1. The molecule has 0 radical (unpaired) electrons. The van der Waals surface area contributed by atoms with Crippen molar-refractivity contribution in [3.05, 3.63) is 35.9 Å². The Kier molecular flexibility index (Phi) is 5.70. The second-order valence-corrected chi connectivity index (χ2v) is 4.51. The van der Waals surface area contributed by atoms with Crippen LogP contribution < -0.4 is 5.73 Å². The van der Waals surface area contributed by atoms with Crippen LogP contribution in [0.2, 0.25) is 0 Å². The maximum Gasteiger partial charge on any atom is 0.0921 e. The standard InChI is InChI=1S/C14H23N3/c1-3-13(11-14(15)16)17(2)10-9-12-7-5-4-6-8-12/h4-8,13H,3,9-11H2,1-2H3,(H3,15,16). The number of hydrogen-bond acceptors (Lipinski definition) is 2. The molecule has 0 aliphatic rings. The van der Waals surface area contributed by atoms with Crippen molar-refractivity contribution in [1.82, 2.24) is 4.90 Å². The molecule has 0 heterocycles. The fourth-order valence-electron chi connectivity index (χ4n) is 2.00. The minimum Gasteiger partial charge on any atom is -0.388 e. The Hall–Kier alpha value is -1.35. The maximum absolute atomic E-state index is 7.37. The average Bonchev–Trinajstić information content (AvgIpc) is 2.34. The molecule has 1 aromatic carbocycles. The van der Waals surface area contributed by atoms with Crippen molar-refractivity contribution in [2.24, 2.45) is 5.73 Å². The van der Waals surface area contributed by atoms with Gasteiger partial charge in [0.25, 0.3) is 0 Å². The van der Waals surface area contributed by atoms with Gasteiger partial charge in [-0.05, 0) is 25.5 Å². The number of nitrogens with one attached hydrogen (secondary N) is 1. The third-order valence-corrected chi connectivity index (χ3v) is 3.15. The van der Waals surface area contributed by atoms with E-state index in [0.717, 1.165) is 19.4 Å². The van der Waals surface area contributed by atoms with E-state index in [2.05, 4.69) is 43.1 Å². The number of rotatable bonds is 7. The first kappa shape index (κ1) is 13.7. The predicted octanol–water partition coefficient (Wildman–Crippen LogP) is 2.27. The number of nitrogens with two attached hydrogens (primary N) is 1. The van der Waals surface area contributed by atoms with E-state index in [1.165, 1.54) is 5.56 Å². The van der Waals surface area contributed by atoms with E-state index in [-0.39, 0.29) is 5.84 Å². The molecular weight excluding hydrogens is 210 g/mol. The van der Waals surface area contributed by atoms with Crippen LogP contribution in [0.25, 0.3) is 0 Å². The lowest BCUT2D eigenvalue weighted by molar-refractivity contribution is 0.243. The second kappa shape index (κ2) is 7.07. The highest BCUT2D eigenvalue weighted by molar-refractivity contribution is 5.77. The Bertz CT molecular complexity index is 335. The largest absolute Gasteiger partial charge is 0.388 e. The van der Waals surface area contributed by atoms with E-state index in [4.69, 9.17) is 11.1 Å². The molecular formula is C14H23N3. The van der Waals surface area contributed by atoms with Crippen LogP contribution in [0.4, 0.5) is 0 Å². The smallest absolute Gasteiger partial charge is 0.0921 e. The lowest BCUT2D eigenvalue weighted by Crippen LogP contribution is -2.36. The van der Waals surface area contributed by atoms with Crippen molar-refractivity contribution in [1.29, 1.82) is 5.41 Å². The number of amidine groups is 1. The predicted molar refractivity (Wildman–Crippen MR) is 73.4 cm³/mol. The van der Waals surface area contributed by atoms with Crippen LogP contribution in [0.5, 0.6) is 0 Å². The van der Waals surface area contributed by atoms with Gasteiger partial charge < -0.3 is 10.6 Å². The summed E-state index contributed by atoms with van der Waals surface area (Å²) in [7, 11) is 2.11. The summed E-state index contributed by atoms with van der Waals surface area (Å²) in [4.78, 5) is 2.30. The van der Waals surface area contributed by atoms with Crippen molar-refractivity contribution in [2.75, 3.05) is 13.6 Å². The van der Waals surface area contributed by atoms with Crippen LogP contribution in [-0.4, -0.2) is 30.4 Å². The minimum atomic E-state index is 0.281. The van der Waals surface area contributed by atoms with Crippen molar-refractivity contribution in [3.63, 3.8) is 0 Å². The summed E-state index contributed by atoms with van der Waals surface area (Å²) in [6.45, 7) is 3.16. The molecule has 17 heavy (non-hydrogen) atoms. The van der Waals surface area contributed by atoms with Gasteiger partial charge in [0, 0.05) is 19.0 Å². The number of likely N-dealkylation sites (N-methyl/N-ethyl adjacent to an activating group) is 1. The molecule has 3 nitrogen and oxygen atoms in total. The Labute approximate surface area is 104 Å². The van der Waals surface area contributed by atoms with Gasteiger partial charge in [-0.3, -0.25) is 5.41 Å². The first-order valence-corrected chi connectivity index (χ1v) is 6.20. The molecule has 0 aliphatic heterocycles. The molecule has 0 bridgehead atoms. The van der Waals surface area contributed by atoms with Crippen molar-refractivity contribution in [2.45, 2.75) is 32.2 Å². The lowest BCUT2D eigenvalue weighted by Gasteiger charge is -2.26. The monoisotopic (exact) mass is 233 g/mol. The summed E-state index contributed by atoms with van der Waals surface area (Å²) in [5.74, 6) is 0.281. The van der Waals surface area contributed by atoms with E-state index in [9.17, 15) is 0 Å². The Balaban J connectivity index is 2.42. The van der Waals surface area contributed by atoms with Crippen LogP contribution in [-0.2, 0) is 6.42 Å². The molecule has 1 unspecified atom stereocenters. The van der Waals surface area contributed by atoms with Crippen LogP contribution in [0.1, 0.15) is 25.3 Å². The van der Waals surface area contributed by atoms with Crippen molar-refractivity contribution < 1.29 is 0 Å². The minimum absolute atomic E-state index is 0.281. The third kappa shape index (κ3) is 5.00. The molecule has 1 rings (SSSR count). The quantitative estimate of drug-likeness (QED) is 0.560. The van der Waals surface area contributed by atoms with Gasteiger partial charge in [-0.2, -0.15) is 0 Å². The number of nitrogens with zero attached hydrogens (tertiary/aromatic N) is 1. The van der Waals surface area contributed by atoms with E-state index in [0.29, 0.717) is 12.5 Å². The van der Waals surface area contributed by atoms with E-state index in [1.54, 1.807) is 0 Å². The van der Waals surface area contributed by atoms with Crippen LogP contribution in [0.15, 0.2) is 30.3 Å². The molecule has 0 spiro atoms. The molecule has 0 saturated heterocycles. The van der Waals surface area contributed by atoms with Crippen LogP contribution in [0.3, 0.4) is 0 Å². The van der Waals surface area contributed by atoms with Crippen molar-refractivity contribution in [3.8, 4) is 0 Å². The first-order valence-electron chi connectivity index (χ1n) is 6.20. The van der Waals surface area contributed by atoms with E-state index in [1.807, 2.05) is 6.07 Å². The fourth-order valence-corrected chi connectivity index (χ4v) is 2.00. The van der Waals surface area contributed by atoms with Crippen LogP contribution in [0, 0.1) is 5.41 Å². The average molecular weight is 233 g/mol. The molecule has 0 aliphatic carbocycles. The van der Waals surface area contributed by atoms with Gasteiger partial charge in [-0.1, -0.05) is 37.3 Å².